The van der Waals surface area contributed by atoms with Gasteiger partial charge in [-0.3, -0.25) is 0 Å². The maximum atomic E-state index is 11.5. The molecule has 0 heterocycles. The Morgan fingerprint density at radius 2 is 1.68 bits per heavy atom. The van der Waals surface area contributed by atoms with Gasteiger partial charge in [0.05, 0.1) is 45.2 Å². The number of ether oxygens (including phenoxy) is 5. The molecule has 0 aliphatic carbocycles. The molecule has 130 valence electrons. The number of esters is 1. The van der Waals surface area contributed by atoms with Crippen molar-refractivity contribution in [3.63, 3.8) is 0 Å². The number of rotatable bonds is 15. The molecule has 0 radical (unpaired) electrons. The van der Waals surface area contributed by atoms with E-state index in [0.29, 0.717) is 45.2 Å². The lowest BCUT2D eigenvalue weighted by atomic mass is 10.3. The summed E-state index contributed by atoms with van der Waals surface area (Å²) in [7, 11) is 0. The van der Waals surface area contributed by atoms with Crippen molar-refractivity contribution in [1.82, 2.24) is 0 Å². The molecule has 0 saturated heterocycles. The Labute approximate surface area is 133 Å². The fourth-order valence-corrected chi connectivity index (χ4v) is 1.44. The summed E-state index contributed by atoms with van der Waals surface area (Å²) in [6, 6.07) is 0. The molecule has 0 rings (SSSR count). The Balaban J connectivity index is 3.38. The highest BCUT2D eigenvalue weighted by Gasteiger charge is 2.08. The fourth-order valence-electron chi connectivity index (χ4n) is 1.44. The van der Waals surface area contributed by atoms with Crippen molar-refractivity contribution in [3.8, 4) is 0 Å². The average Bonchev–Trinajstić information content (AvgIpc) is 2.50. The average molecular weight is 318 g/mol. The van der Waals surface area contributed by atoms with E-state index in [2.05, 4.69) is 6.58 Å². The van der Waals surface area contributed by atoms with E-state index in [9.17, 15) is 4.79 Å². The maximum Gasteiger partial charge on any atom is 0.335 e. The Hall–Kier alpha value is -0.950. The SMILES string of the molecule is C=C(COCCOCCOC(C)OCC)C(=O)OCCCC. The molecule has 6 heteroatoms. The summed E-state index contributed by atoms with van der Waals surface area (Å²) in [5.74, 6) is -0.396. The van der Waals surface area contributed by atoms with E-state index in [1.165, 1.54) is 0 Å². The van der Waals surface area contributed by atoms with Gasteiger partial charge in [-0.1, -0.05) is 19.9 Å². The van der Waals surface area contributed by atoms with Crippen LogP contribution < -0.4 is 0 Å². The highest BCUT2D eigenvalue weighted by Crippen LogP contribution is 1.98. The molecule has 0 aliphatic heterocycles. The second kappa shape index (κ2) is 15.0. The normalized spacial score (nSPS) is 12.1. The zero-order valence-electron chi connectivity index (χ0n) is 14.1. The largest absolute Gasteiger partial charge is 0.462 e. The number of hydrogen-bond acceptors (Lipinski definition) is 6. The van der Waals surface area contributed by atoms with Crippen LogP contribution in [0.25, 0.3) is 0 Å². The van der Waals surface area contributed by atoms with Gasteiger partial charge < -0.3 is 23.7 Å². The van der Waals surface area contributed by atoms with Gasteiger partial charge in [0, 0.05) is 6.61 Å². The van der Waals surface area contributed by atoms with E-state index in [-0.39, 0.29) is 12.9 Å². The third-order valence-electron chi connectivity index (χ3n) is 2.65. The maximum absolute atomic E-state index is 11.5. The van der Waals surface area contributed by atoms with Crippen LogP contribution in [0.3, 0.4) is 0 Å². The first kappa shape index (κ1) is 21.0. The monoisotopic (exact) mass is 318 g/mol. The molecule has 1 atom stereocenters. The lowest BCUT2D eigenvalue weighted by Gasteiger charge is -2.12. The zero-order valence-corrected chi connectivity index (χ0v) is 14.1. The van der Waals surface area contributed by atoms with Crippen molar-refractivity contribution in [1.29, 1.82) is 0 Å². The molecule has 0 fully saturated rings. The molecule has 0 aromatic heterocycles. The molecule has 0 amide bonds. The first-order valence-electron chi connectivity index (χ1n) is 7.85. The predicted octanol–water partition coefficient (Wildman–Crippen LogP) is 2.32. The standard InChI is InChI=1S/C16H30O6/c1-5-7-8-22-16(17)14(3)13-19-10-9-18-11-12-21-15(4)20-6-2/h15H,3,5-13H2,1-2,4H3. The lowest BCUT2D eigenvalue weighted by molar-refractivity contribution is -0.140. The van der Waals surface area contributed by atoms with Gasteiger partial charge in [0.15, 0.2) is 6.29 Å². The third-order valence-corrected chi connectivity index (χ3v) is 2.65. The third kappa shape index (κ3) is 12.8. The van der Waals surface area contributed by atoms with Crippen molar-refractivity contribution in [3.05, 3.63) is 12.2 Å². The highest BCUT2D eigenvalue weighted by atomic mass is 16.7. The van der Waals surface area contributed by atoms with E-state index in [1.807, 2.05) is 20.8 Å². The van der Waals surface area contributed by atoms with Gasteiger partial charge in [-0.25, -0.2) is 4.79 Å². The van der Waals surface area contributed by atoms with Gasteiger partial charge in [0.1, 0.15) is 0 Å². The zero-order chi connectivity index (χ0) is 16.6. The molecule has 6 nitrogen and oxygen atoms in total. The van der Waals surface area contributed by atoms with Gasteiger partial charge in [-0.15, -0.1) is 0 Å². The van der Waals surface area contributed by atoms with Gasteiger partial charge in [-0.2, -0.15) is 0 Å². The molecule has 0 aromatic carbocycles. The highest BCUT2D eigenvalue weighted by molar-refractivity contribution is 5.87. The topological polar surface area (TPSA) is 63.2 Å². The summed E-state index contributed by atoms with van der Waals surface area (Å²) in [6.45, 7) is 12.4. The van der Waals surface area contributed by atoms with E-state index in [4.69, 9.17) is 23.7 Å². The van der Waals surface area contributed by atoms with Crippen molar-refractivity contribution >= 4 is 5.97 Å². The Morgan fingerprint density at radius 1 is 1.00 bits per heavy atom. The minimum absolute atomic E-state index is 0.159. The van der Waals surface area contributed by atoms with E-state index < -0.39 is 5.97 Å². The fraction of sp³-hybridized carbons (Fsp3) is 0.812. The van der Waals surface area contributed by atoms with Crippen molar-refractivity contribution in [2.75, 3.05) is 46.2 Å². The summed E-state index contributed by atoms with van der Waals surface area (Å²) >= 11 is 0. The van der Waals surface area contributed by atoms with Gasteiger partial charge in [0.25, 0.3) is 0 Å². The van der Waals surface area contributed by atoms with Gasteiger partial charge in [0.2, 0.25) is 0 Å². The second-order valence-electron chi connectivity index (χ2n) is 4.65. The lowest BCUT2D eigenvalue weighted by Crippen LogP contribution is -2.17. The van der Waals surface area contributed by atoms with Crippen LogP contribution in [-0.2, 0) is 28.5 Å². The second-order valence-corrected chi connectivity index (χ2v) is 4.65. The molecule has 0 aromatic rings. The van der Waals surface area contributed by atoms with Crippen LogP contribution in [0.1, 0.15) is 33.6 Å². The quantitative estimate of drug-likeness (QED) is 0.200. The molecule has 0 spiro atoms. The van der Waals surface area contributed by atoms with Crippen molar-refractivity contribution in [2.24, 2.45) is 0 Å². The first-order valence-corrected chi connectivity index (χ1v) is 7.85. The smallest absolute Gasteiger partial charge is 0.335 e. The summed E-state index contributed by atoms with van der Waals surface area (Å²) < 4.78 is 26.2. The molecule has 0 saturated carbocycles. The van der Waals surface area contributed by atoms with Crippen LogP contribution in [0.4, 0.5) is 0 Å². The summed E-state index contributed by atoms with van der Waals surface area (Å²) in [5.41, 5.74) is 0.324. The van der Waals surface area contributed by atoms with Crippen LogP contribution in [0.15, 0.2) is 12.2 Å². The molecular formula is C16H30O6. The summed E-state index contributed by atoms with van der Waals surface area (Å²) in [4.78, 5) is 11.5. The number of unbranched alkanes of at least 4 members (excludes halogenated alkanes) is 1. The van der Waals surface area contributed by atoms with E-state index in [1.54, 1.807) is 0 Å². The molecule has 0 bridgehead atoms. The molecule has 0 N–H and O–H groups in total. The Bertz CT molecular complexity index is 292. The van der Waals surface area contributed by atoms with Gasteiger partial charge in [-0.05, 0) is 20.3 Å². The number of hydrogen-bond donors (Lipinski definition) is 0. The number of carbonyl (C=O) groups excluding carboxylic acids is 1. The Morgan fingerprint density at radius 3 is 2.36 bits per heavy atom. The van der Waals surface area contributed by atoms with Crippen LogP contribution in [0.2, 0.25) is 0 Å². The van der Waals surface area contributed by atoms with Crippen LogP contribution in [-0.4, -0.2) is 58.5 Å². The molecule has 1 unspecified atom stereocenters. The summed E-state index contributed by atoms with van der Waals surface area (Å²) in [5, 5.41) is 0. The van der Waals surface area contributed by atoms with Crippen LogP contribution in [0, 0.1) is 0 Å². The van der Waals surface area contributed by atoms with Crippen molar-refractivity contribution < 1.29 is 28.5 Å². The minimum Gasteiger partial charge on any atom is -0.462 e. The molecular weight excluding hydrogens is 288 g/mol. The Kier molecular flexibility index (Phi) is 14.3. The summed E-state index contributed by atoms with van der Waals surface area (Å²) in [6.07, 6.45) is 1.63. The van der Waals surface area contributed by atoms with Gasteiger partial charge >= 0.3 is 5.97 Å². The molecule has 0 aliphatic rings. The van der Waals surface area contributed by atoms with E-state index >= 15 is 0 Å². The van der Waals surface area contributed by atoms with Crippen LogP contribution in [0.5, 0.6) is 0 Å². The van der Waals surface area contributed by atoms with E-state index in [0.717, 1.165) is 12.8 Å². The van der Waals surface area contributed by atoms with Crippen LogP contribution >= 0.6 is 0 Å². The van der Waals surface area contributed by atoms with Crippen molar-refractivity contribution in [2.45, 2.75) is 39.9 Å². The molecule has 22 heavy (non-hydrogen) atoms. The minimum atomic E-state index is -0.396. The first-order chi connectivity index (χ1) is 10.6. The number of carbonyl (C=O) groups is 1. The predicted molar refractivity (Wildman–Crippen MR) is 83.7 cm³/mol.